The normalized spacial score (nSPS) is 14.2. The van der Waals surface area contributed by atoms with Gasteiger partial charge in [-0.3, -0.25) is 14.4 Å². The highest BCUT2D eigenvalue weighted by Crippen LogP contribution is 2.17. The van der Waals surface area contributed by atoms with Gasteiger partial charge in [0.1, 0.15) is 18.1 Å². The molecule has 0 aliphatic carbocycles. The van der Waals surface area contributed by atoms with Crippen LogP contribution < -0.4 is 10.1 Å². The third-order valence-electron chi connectivity index (χ3n) is 4.37. The summed E-state index contributed by atoms with van der Waals surface area (Å²) >= 11 is 0. The fraction of sp³-hybridized carbons (Fsp3) is 0.250. The molecule has 28 heavy (non-hydrogen) atoms. The maximum absolute atomic E-state index is 13.0. The Kier molecular flexibility index (Phi) is 5.88. The average molecular weight is 385 g/mol. The minimum absolute atomic E-state index is 0.216. The van der Waals surface area contributed by atoms with Gasteiger partial charge < -0.3 is 19.9 Å². The molecule has 146 valence electrons. The minimum Gasteiger partial charge on any atom is -0.497 e. The molecule has 8 heteroatoms. The van der Waals surface area contributed by atoms with E-state index in [1.165, 1.54) is 29.0 Å². The second-order valence-electron chi connectivity index (χ2n) is 6.36. The molecule has 0 aromatic heterocycles. The van der Waals surface area contributed by atoms with E-state index in [2.05, 4.69) is 5.32 Å². The molecule has 7 nitrogen and oxygen atoms in total. The second-order valence-corrected chi connectivity index (χ2v) is 6.36. The smallest absolute Gasteiger partial charge is 0.312 e. The molecule has 3 rings (SSSR count). The number of nitrogens with zero attached hydrogens (tertiary/aromatic N) is 2. The SMILES string of the molecule is COc1cccc(NC(=O)CN2CCN(Cc3ccc(F)cc3)C(=O)C2=O)c1. The summed E-state index contributed by atoms with van der Waals surface area (Å²) in [5.41, 5.74) is 1.27. The molecule has 1 aliphatic rings. The van der Waals surface area contributed by atoms with Crippen molar-refractivity contribution in [2.75, 3.05) is 32.1 Å². The summed E-state index contributed by atoms with van der Waals surface area (Å²) in [7, 11) is 1.52. The Hall–Kier alpha value is -3.42. The zero-order chi connectivity index (χ0) is 20.1. The largest absolute Gasteiger partial charge is 0.497 e. The topological polar surface area (TPSA) is 79.0 Å². The lowest BCUT2D eigenvalue weighted by molar-refractivity contribution is -0.157. The van der Waals surface area contributed by atoms with Crippen LogP contribution in [0.25, 0.3) is 0 Å². The van der Waals surface area contributed by atoms with E-state index in [1.807, 2.05) is 0 Å². The predicted octanol–water partition coefficient (Wildman–Crippen LogP) is 1.64. The summed E-state index contributed by atoms with van der Waals surface area (Å²) in [6.07, 6.45) is 0. The summed E-state index contributed by atoms with van der Waals surface area (Å²) < 4.78 is 18.1. The summed E-state index contributed by atoms with van der Waals surface area (Å²) in [6, 6.07) is 12.6. The Morgan fingerprint density at radius 1 is 1.07 bits per heavy atom. The molecule has 1 saturated heterocycles. The van der Waals surface area contributed by atoms with Crippen LogP contribution in [0, 0.1) is 5.82 Å². The first-order valence-corrected chi connectivity index (χ1v) is 8.73. The van der Waals surface area contributed by atoms with Crippen LogP contribution in [0.1, 0.15) is 5.56 Å². The first kappa shape index (κ1) is 19.3. The van der Waals surface area contributed by atoms with Gasteiger partial charge in [0.25, 0.3) is 0 Å². The highest BCUT2D eigenvalue weighted by atomic mass is 19.1. The maximum Gasteiger partial charge on any atom is 0.312 e. The molecule has 0 atom stereocenters. The van der Waals surface area contributed by atoms with Crippen LogP contribution in [0.2, 0.25) is 0 Å². The molecule has 2 aromatic carbocycles. The van der Waals surface area contributed by atoms with Crippen molar-refractivity contribution in [1.29, 1.82) is 0 Å². The van der Waals surface area contributed by atoms with Gasteiger partial charge >= 0.3 is 11.8 Å². The number of hydrogen-bond donors (Lipinski definition) is 1. The summed E-state index contributed by atoms with van der Waals surface area (Å²) in [6.45, 7) is 0.548. The number of ether oxygens (including phenoxy) is 1. The molecular weight excluding hydrogens is 365 g/mol. The highest BCUT2D eigenvalue weighted by Gasteiger charge is 2.33. The van der Waals surface area contributed by atoms with Crippen LogP contribution in [-0.4, -0.2) is 54.3 Å². The zero-order valence-corrected chi connectivity index (χ0v) is 15.4. The van der Waals surface area contributed by atoms with E-state index in [1.54, 1.807) is 36.4 Å². The molecule has 1 heterocycles. The number of halogens is 1. The number of piperazine rings is 1. The number of nitrogens with one attached hydrogen (secondary N) is 1. The number of rotatable bonds is 6. The molecule has 0 unspecified atom stereocenters. The summed E-state index contributed by atoms with van der Waals surface area (Å²) in [4.78, 5) is 39.5. The van der Waals surface area contributed by atoms with E-state index in [9.17, 15) is 18.8 Å². The molecule has 0 saturated carbocycles. The van der Waals surface area contributed by atoms with E-state index in [0.29, 0.717) is 18.0 Å². The molecule has 0 radical (unpaired) electrons. The number of carbonyl (C=O) groups is 3. The van der Waals surface area contributed by atoms with Gasteiger partial charge in [-0.2, -0.15) is 0 Å². The van der Waals surface area contributed by atoms with Crippen LogP contribution in [-0.2, 0) is 20.9 Å². The molecule has 1 N–H and O–H groups in total. The molecule has 0 bridgehead atoms. The van der Waals surface area contributed by atoms with Crippen LogP contribution in [0.3, 0.4) is 0 Å². The Morgan fingerprint density at radius 3 is 2.46 bits per heavy atom. The Morgan fingerprint density at radius 2 is 1.75 bits per heavy atom. The number of methoxy groups -OCH3 is 1. The van der Waals surface area contributed by atoms with Gasteiger partial charge in [-0.1, -0.05) is 18.2 Å². The van der Waals surface area contributed by atoms with Crippen molar-refractivity contribution in [2.24, 2.45) is 0 Å². The van der Waals surface area contributed by atoms with Gasteiger partial charge in [0, 0.05) is 31.4 Å². The number of hydrogen-bond acceptors (Lipinski definition) is 4. The van der Waals surface area contributed by atoms with Gasteiger partial charge in [0.15, 0.2) is 0 Å². The lowest BCUT2D eigenvalue weighted by Gasteiger charge is -2.33. The number of anilines is 1. The van der Waals surface area contributed by atoms with Crippen LogP contribution in [0.4, 0.5) is 10.1 Å². The van der Waals surface area contributed by atoms with Gasteiger partial charge in [0.2, 0.25) is 5.91 Å². The fourth-order valence-electron chi connectivity index (χ4n) is 2.90. The maximum atomic E-state index is 13.0. The second kappa shape index (κ2) is 8.51. The Bertz CT molecular complexity index is 885. The first-order valence-electron chi connectivity index (χ1n) is 8.73. The van der Waals surface area contributed by atoms with Crippen molar-refractivity contribution >= 4 is 23.4 Å². The van der Waals surface area contributed by atoms with E-state index < -0.39 is 17.7 Å². The van der Waals surface area contributed by atoms with Gasteiger partial charge in [-0.05, 0) is 29.8 Å². The number of benzene rings is 2. The Balaban J connectivity index is 1.56. The minimum atomic E-state index is -0.728. The third-order valence-corrected chi connectivity index (χ3v) is 4.37. The predicted molar refractivity (Wildman–Crippen MR) is 100 cm³/mol. The van der Waals surface area contributed by atoms with Gasteiger partial charge in [-0.15, -0.1) is 0 Å². The molecule has 2 aromatic rings. The van der Waals surface area contributed by atoms with Crippen LogP contribution >= 0.6 is 0 Å². The van der Waals surface area contributed by atoms with Crippen molar-refractivity contribution < 1.29 is 23.5 Å². The fourth-order valence-corrected chi connectivity index (χ4v) is 2.90. The Labute approximate surface area is 161 Å². The van der Waals surface area contributed by atoms with Crippen LogP contribution in [0.15, 0.2) is 48.5 Å². The van der Waals surface area contributed by atoms with Gasteiger partial charge in [0.05, 0.1) is 7.11 Å². The number of carbonyl (C=O) groups excluding carboxylic acids is 3. The monoisotopic (exact) mass is 385 g/mol. The van der Waals surface area contributed by atoms with Crippen molar-refractivity contribution in [1.82, 2.24) is 9.80 Å². The summed E-state index contributed by atoms with van der Waals surface area (Å²) in [5, 5.41) is 2.68. The molecule has 0 spiro atoms. The molecular formula is C20H20FN3O4. The van der Waals surface area contributed by atoms with E-state index in [-0.39, 0.29) is 25.5 Å². The molecule has 1 fully saturated rings. The zero-order valence-electron chi connectivity index (χ0n) is 15.4. The third kappa shape index (κ3) is 4.64. The van der Waals surface area contributed by atoms with E-state index >= 15 is 0 Å². The lowest BCUT2D eigenvalue weighted by atomic mass is 10.2. The van der Waals surface area contributed by atoms with Crippen molar-refractivity contribution in [3.63, 3.8) is 0 Å². The molecule has 1 aliphatic heterocycles. The number of amides is 3. The lowest BCUT2D eigenvalue weighted by Crippen LogP contribution is -2.55. The van der Waals surface area contributed by atoms with E-state index in [4.69, 9.17) is 4.74 Å². The quantitative estimate of drug-likeness (QED) is 0.767. The van der Waals surface area contributed by atoms with Crippen molar-refractivity contribution in [3.8, 4) is 5.75 Å². The summed E-state index contributed by atoms with van der Waals surface area (Å²) in [5.74, 6) is -1.57. The van der Waals surface area contributed by atoms with E-state index in [0.717, 1.165) is 5.56 Å². The standard InChI is InChI=1S/C20H20FN3O4/c1-28-17-4-2-3-16(11-17)22-18(25)13-24-10-9-23(19(26)20(24)27)12-14-5-7-15(21)8-6-14/h2-8,11H,9-10,12-13H2,1H3,(H,22,25). The van der Waals surface area contributed by atoms with Crippen molar-refractivity contribution in [2.45, 2.75) is 6.54 Å². The average Bonchev–Trinajstić information content (AvgIpc) is 2.69. The first-order chi connectivity index (χ1) is 13.5. The highest BCUT2D eigenvalue weighted by molar-refractivity contribution is 6.35. The van der Waals surface area contributed by atoms with Gasteiger partial charge in [-0.25, -0.2) is 4.39 Å². The molecule has 3 amide bonds. The van der Waals surface area contributed by atoms with Crippen molar-refractivity contribution in [3.05, 3.63) is 59.9 Å². The van der Waals surface area contributed by atoms with Crippen LogP contribution in [0.5, 0.6) is 5.75 Å².